The van der Waals surface area contributed by atoms with Crippen molar-refractivity contribution < 1.29 is 14.3 Å². The minimum Gasteiger partial charge on any atom is -0.463 e. The van der Waals surface area contributed by atoms with Gasteiger partial charge in [-0.25, -0.2) is 0 Å². The minimum atomic E-state index is -0.218. The first-order chi connectivity index (χ1) is 7.63. The van der Waals surface area contributed by atoms with Crippen molar-refractivity contribution in [3.05, 3.63) is 0 Å². The van der Waals surface area contributed by atoms with Crippen LogP contribution in [0.2, 0.25) is 0 Å². The zero-order valence-electron chi connectivity index (χ0n) is 10.2. The second kappa shape index (κ2) is 6.51. The Morgan fingerprint density at radius 2 is 2.31 bits per heavy atom. The zero-order valence-corrected chi connectivity index (χ0v) is 10.2. The lowest BCUT2D eigenvalue weighted by Crippen LogP contribution is -2.27. The molecule has 4 heteroatoms. The molecular formula is C12H21NO3. The molecule has 1 rings (SSSR count). The van der Waals surface area contributed by atoms with E-state index >= 15 is 0 Å². The molecule has 1 saturated heterocycles. The van der Waals surface area contributed by atoms with Crippen LogP contribution in [0.25, 0.3) is 0 Å². The van der Waals surface area contributed by atoms with Gasteiger partial charge in [-0.1, -0.05) is 6.92 Å². The Bertz CT molecular complexity index is 253. The van der Waals surface area contributed by atoms with Crippen molar-refractivity contribution in [3.8, 4) is 0 Å². The Morgan fingerprint density at radius 1 is 1.56 bits per heavy atom. The first-order valence-electron chi connectivity index (χ1n) is 6.08. The number of carbonyl (C=O) groups is 2. The number of ether oxygens (including phenoxy) is 1. The number of hydrogen-bond donors (Lipinski definition) is 0. The molecule has 0 unspecified atom stereocenters. The molecule has 92 valence electrons. The van der Waals surface area contributed by atoms with Gasteiger partial charge in [-0.05, 0) is 25.7 Å². The normalized spacial score (nSPS) is 17.6. The van der Waals surface area contributed by atoms with Crippen LogP contribution in [-0.2, 0) is 14.3 Å². The van der Waals surface area contributed by atoms with E-state index in [4.69, 9.17) is 4.74 Å². The van der Waals surface area contributed by atoms with Crippen LogP contribution in [-0.4, -0.2) is 36.0 Å². The van der Waals surface area contributed by atoms with E-state index < -0.39 is 0 Å². The average Bonchev–Trinajstić information content (AvgIpc) is 2.62. The smallest absolute Gasteiger partial charge is 0.302 e. The molecule has 16 heavy (non-hydrogen) atoms. The van der Waals surface area contributed by atoms with Crippen LogP contribution in [0.15, 0.2) is 0 Å². The first-order valence-corrected chi connectivity index (χ1v) is 6.08. The molecule has 1 aliphatic heterocycles. The third kappa shape index (κ3) is 4.21. The summed E-state index contributed by atoms with van der Waals surface area (Å²) in [5.41, 5.74) is 0. The van der Waals surface area contributed by atoms with Crippen molar-refractivity contribution in [1.82, 2.24) is 4.90 Å². The molecule has 1 fully saturated rings. The summed E-state index contributed by atoms with van der Waals surface area (Å²) in [6.07, 6.45) is 4.29. The molecular weight excluding hydrogens is 206 g/mol. The van der Waals surface area contributed by atoms with Crippen LogP contribution in [0.3, 0.4) is 0 Å². The molecule has 0 N–H and O–H groups in total. The molecule has 4 nitrogen and oxygen atoms in total. The summed E-state index contributed by atoms with van der Waals surface area (Å²) >= 11 is 0. The van der Waals surface area contributed by atoms with E-state index in [-0.39, 0.29) is 18.0 Å². The van der Waals surface area contributed by atoms with Crippen LogP contribution < -0.4 is 0 Å². The lowest BCUT2D eigenvalue weighted by atomic mass is 10.1. The predicted octanol–water partition coefficient (Wildman–Crippen LogP) is 1.73. The van der Waals surface area contributed by atoms with Gasteiger partial charge in [0.1, 0.15) is 6.10 Å². The lowest BCUT2D eigenvalue weighted by Gasteiger charge is -2.18. The van der Waals surface area contributed by atoms with Gasteiger partial charge in [0.15, 0.2) is 0 Å². The lowest BCUT2D eigenvalue weighted by molar-refractivity contribution is -0.147. The number of amides is 1. The van der Waals surface area contributed by atoms with Gasteiger partial charge in [-0.3, -0.25) is 9.59 Å². The maximum atomic E-state index is 11.3. The Balaban J connectivity index is 2.17. The number of hydrogen-bond acceptors (Lipinski definition) is 3. The van der Waals surface area contributed by atoms with Crippen molar-refractivity contribution in [1.29, 1.82) is 0 Å². The highest BCUT2D eigenvalue weighted by Gasteiger charge is 2.19. The van der Waals surface area contributed by atoms with Crippen molar-refractivity contribution >= 4 is 11.9 Å². The highest BCUT2D eigenvalue weighted by atomic mass is 16.5. The summed E-state index contributed by atoms with van der Waals surface area (Å²) < 4.78 is 5.15. The van der Waals surface area contributed by atoms with Crippen LogP contribution in [0.5, 0.6) is 0 Å². The van der Waals surface area contributed by atoms with Crippen molar-refractivity contribution in [2.75, 3.05) is 13.1 Å². The largest absolute Gasteiger partial charge is 0.463 e. The van der Waals surface area contributed by atoms with Crippen molar-refractivity contribution in [2.45, 2.75) is 52.1 Å². The average molecular weight is 227 g/mol. The van der Waals surface area contributed by atoms with Crippen LogP contribution in [0.1, 0.15) is 46.0 Å². The van der Waals surface area contributed by atoms with Crippen LogP contribution in [0, 0.1) is 0 Å². The van der Waals surface area contributed by atoms with Gasteiger partial charge in [0.25, 0.3) is 0 Å². The number of esters is 1. The SMILES string of the molecule is CC[C@@H](CCCN1CCCC1=O)OC(C)=O. The molecule has 1 heterocycles. The Labute approximate surface area is 96.9 Å². The highest BCUT2D eigenvalue weighted by molar-refractivity contribution is 5.77. The number of nitrogens with zero attached hydrogens (tertiary/aromatic N) is 1. The fraction of sp³-hybridized carbons (Fsp3) is 0.833. The Morgan fingerprint density at radius 3 is 2.81 bits per heavy atom. The van der Waals surface area contributed by atoms with Crippen molar-refractivity contribution in [2.24, 2.45) is 0 Å². The number of carbonyl (C=O) groups excluding carboxylic acids is 2. The standard InChI is InChI=1S/C12H21NO3/c1-3-11(16-10(2)14)6-4-8-13-9-5-7-12(13)15/h11H,3-9H2,1-2H3/t11-/m0/s1. The fourth-order valence-electron chi connectivity index (χ4n) is 2.03. The van der Waals surface area contributed by atoms with E-state index in [0.29, 0.717) is 6.42 Å². The predicted molar refractivity (Wildman–Crippen MR) is 60.9 cm³/mol. The zero-order chi connectivity index (χ0) is 12.0. The van der Waals surface area contributed by atoms with E-state index in [1.807, 2.05) is 11.8 Å². The number of likely N-dealkylation sites (tertiary alicyclic amines) is 1. The van der Waals surface area contributed by atoms with Gasteiger partial charge in [0, 0.05) is 26.4 Å². The van der Waals surface area contributed by atoms with Gasteiger partial charge >= 0.3 is 5.97 Å². The van der Waals surface area contributed by atoms with Gasteiger partial charge in [0.05, 0.1) is 0 Å². The second-order valence-electron chi connectivity index (χ2n) is 4.27. The minimum absolute atomic E-state index is 0.00945. The molecule has 0 radical (unpaired) electrons. The maximum absolute atomic E-state index is 11.3. The quantitative estimate of drug-likeness (QED) is 0.649. The summed E-state index contributed by atoms with van der Waals surface area (Å²) in [6.45, 7) is 5.14. The number of rotatable bonds is 6. The van der Waals surface area contributed by atoms with Crippen LogP contribution in [0.4, 0.5) is 0 Å². The Kier molecular flexibility index (Phi) is 5.29. The molecule has 0 bridgehead atoms. The molecule has 0 spiro atoms. The van der Waals surface area contributed by atoms with E-state index in [0.717, 1.165) is 38.8 Å². The van der Waals surface area contributed by atoms with Gasteiger partial charge in [-0.15, -0.1) is 0 Å². The van der Waals surface area contributed by atoms with E-state index in [1.165, 1.54) is 6.92 Å². The molecule has 0 aromatic carbocycles. The second-order valence-corrected chi connectivity index (χ2v) is 4.27. The highest BCUT2D eigenvalue weighted by Crippen LogP contribution is 2.13. The summed E-state index contributed by atoms with van der Waals surface area (Å²) in [6, 6.07) is 0. The first kappa shape index (κ1) is 13.0. The third-order valence-corrected chi connectivity index (χ3v) is 2.91. The van der Waals surface area contributed by atoms with E-state index in [2.05, 4.69) is 0 Å². The third-order valence-electron chi connectivity index (χ3n) is 2.91. The Hall–Kier alpha value is -1.06. The van der Waals surface area contributed by atoms with Gasteiger partial charge in [0.2, 0.25) is 5.91 Å². The molecule has 0 saturated carbocycles. The maximum Gasteiger partial charge on any atom is 0.302 e. The molecule has 0 aliphatic carbocycles. The molecule has 1 atom stereocenters. The van der Waals surface area contributed by atoms with Gasteiger partial charge in [-0.2, -0.15) is 0 Å². The van der Waals surface area contributed by atoms with E-state index in [1.54, 1.807) is 0 Å². The van der Waals surface area contributed by atoms with Crippen LogP contribution >= 0.6 is 0 Å². The summed E-state index contributed by atoms with van der Waals surface area (Å²) in [5, 5.41) is 0. The van der Waals surface area contributed by atoms with Crippen molar-refractivity contribution in [3.63, 3.8) is 0 Å². The summed E-state index contributed by atoms with van der Waals surface area (Å²) in [5.74, 6) is 0.0460. The molecule has 1 aliphatic rings. The molecule has 0 aromatic heterocycles. The summed E-state index contributed by atoms with van der Waals surface area (Å²) in [7, 11) is 0. The summed E-state index contributed by atoms with van der Waals surface area (Å²) in [4.78, 5) is 24.0. The molecule has 0 aromatic rings. The van der Waals surface area contributed by atoms with E-state index in [9.17, 15) is 9.59 Å². The monoisotopic (exact) mass is 227 g/mol. The van der Waals surface area contributed by atoms with Gasteiger partial charge < -0.3 is 9.64 Å². The molecule has 1 amide bonds. The fourth-order valence-corrected chi connectivity index (χ4v) is 2.03. The topological polar surface area (TPSA) is 46.6 Å².